The van der Waals surface area contributed by atoms with Crippen LogP contribution in [0.2, 0.25) is 0 Å². The number of halogens is 4. The molecular formula is C22H36Cl4O. The van der Waals surface area contributed by atoms with Crippen molar-refractivity contribution < 1.29 is 4.74 Å². The Morgan fingerprint density at radius 1 is 0.963 bits per heavy atom. The number of rotatable bonds is 7. The monoisotopic (exact) mass is 456 g/mol. The summed E-state index contributed by atoms with van der Waals surface area (Å²) < 4.78 is 5.14. The van der Waals surface area contributed by atoms with Crippen LogP contribution in [0.3, 0.4) is 0 Å². The van der Waals surface area contributed by atoms with Gasteiger partial charge in [-0.1, -0.05) is 48.0 Å². The van der Waals surface area contributed by atoms with Crippen LogP contribution in [0.15, 0.2) is 0 Å². The summed E-state index contributed by atoms with van der Waals surface area (Å²) >= 11 is 26.4. The highest BCUT2D eigenvalue weighted by atomic mass is 35.5. The molecule has 0 saturated heterocycles. The molecule has 3 aliphatic carbocycles. The molecule has 3 fully saturated rings. The summed E-state index contributed by atoms with van der Waals surface area (Å²) in [6, 6.07) is 0. The molecule has 27 heavy (non-hydrogen) atoms. The zero-order chi connectivity index (χ0) is 20.4. The quantitative estimate of drug-likeness (QED) is 0.353. The largest absolute Gasteiger partial charge is 0.377 e. The molecule has 158 valence electrons. The SMILES string of the molecule is CC1CCC(C(C)C)C(OCC2C(Cl)(Cl)C2(C)CCC2C(C)(C)C2(Cl)Cl)C1. The molecule has 0 bridgehead atoms. The Bertz CT molecular complexity index is 545. The molecular weight excluding hydrogens is 422 g/mol. The zero-order valence-corrected chi connectivity index (χ0v) is 20.7. The first-order valence-electron chi connectivity index (χ1n) is 10.6. The second-order valence-electron chi connectivity index (χ2n) is 10.7. The summed E-state index contributed by atoms with van der Waals surface area (Å²) in [4.78, 5) is 0. The average molecular weight is 458 g/mol. The van der Waals surface area contributed by atoms with Crippen molar-refractivity contribution in [1.29, 1.82) is 0 Å². The topological polar surface area (TPSA) is 9.23 Å². The maximum absolute atomic E-state index is 6.73. The smallest absolute Gasteiger partial charge is 0.129 e. The van der Waals surface area contributed by atoms with Crippen LogP contribution in [0.25, 0.3) is 0 Å². The Kier molecular flexibility index (Phi) is 6.22. The first-order chi connectivity index (χ1) is 12.3. The summed E-state index contributed by atoms with van der Waals surface area (Å²) in [5, 5.41) is 0. The highest BCUT2D eigenvalue weighted by molar-refractivity contribution is 6.52. The van der Waals surface area contributed by atoms with E-state index in [-0.39, 0.29) is 16.7 Å². The minimum Gasteiger partial charge on any atom is -0.377 e. The van der Waals surface area contributed by atoms with Crippen molar-refractivity contribution in [3.8, 4) is 0 Å². The van der Waals surface area contributed by atoms with Gasteiger partial charge in [-0.15, -0.1) is 46.4 Å². The first-order valence-corrected chi connectivity index (χ1v) is 12.1. The fraction of sp³-hybridized carbons (Fsp3) is 1.00. The molecule has 0 amide bonds. The Balaban J connectivity index is 1.56. The molecule has 5 heteroatoms. The van der Waals surface area contributed by atoms with E-state index in [1.807, 2.05) is 0 Å². The van der Waals surface area contributed by atoms with Crippen LogP contribution >= 0.6 is 46.4 Å². The predicted octanol–water partition coefficient (Wildman–Crippen LogP) is 7.88. The van der Waals surface area contributed by atoms with Crippen LogP contribution in [0, 0.1) is 40.4 Å². The Labute approximate surface area is 186 Å². The summed E-state index contributed by atoms with van der Waals surface area (Å²) in [5.41, 5.74) is -0.149. The highest BCUT2D eigenvalue weighted by Crippen LogP contribution is 2.75. The normalized spacial score (nSPS) is 44.3. The van der Waals surface area contributed by atoms with E-state index in [0.29, 0.717) is 30.5 Å². The van der Waals surface area contributed by atoms with Gasteiger partial charge in [0.2, 0.25) is 0 Å². The lowest BCUT2D eigenvalue weighted by Crippen LogP contribution is -2.35. The van der Waals surface area contributed by atoms with Crippen molar-refractivity contribution in [3.05, 3.63) is 0 Å². The molecule has 0 aromatic carbocycles. The van der Waals surface area contributed by atoms with Crippen LogP contribution in [0.5, 0.6) is 0 Å². The van der Waals surface area contributed by atoms with E-state index in [0.717, 1.165) is 25.2 Å². The van der Waals surface area contributed by atoms with Crippen molar-refractivity contribution in [2.75, 3.05) is 6.61 Å². The fourth-order valence-corrected chi connectivity index (χ4v) is 7.44. The molecule has 0 heterocycles. The fourth-order valence-electron chi connectivity index (χ4n) is 5.57. The van der Waals surface area contributed by atoms with E-state index < -0.39 is 8.67 Å². The van der Waals surface area contributed by atoms with Crippen molar-refractivity contribution >= 4 is 46.4 Å². The lowest BCUT2D eigenvalue weighted by Gasteiger charge is -2.37. The van der Waals surface area contributed by atoms with E-state index >= 15 is 0 Å². The maximum atomic E-state index is 6.73. The molecule has 6 unspecified atom stereocenters. The standard InChI is InChI=1S/C22H36Cl4O/c1-13(2)15-8-7-14(3)11-16(15)27-12-18-20(6,22(18,25)26)10-9-17-19(4,5)21(17,23)24/h13-18H,7-12H2,1-6H3. The summed E-state index contributed by atoms with van der Waals surface area (Å²) in [6.07, 6.45) is 5.97. The Morgan fingerprint density at radius 2 is 1.56 bits per heavy atom. The van der Waals surface area contributed by atoms with Crippen LogP contribution in [-0.4, -0.2) is 21.4 Å². The predicted molar refractivity (Wildman–Crippen MR) is 118 cm³/mol. The van der Waals surface area contributed by atoms with Gasteiger partial charge in [0.1, 0.15) is 8.67 Å². The molecule has 0 N–H and O–H groups in total. The van der Waals surface area contributed by atoms with E-state index in [4.69, 9.17) is 51.1 Å². The molecule has 0 aromatic heterocycles. The maximum Gasteiger partial charge on any atom is 0.129 e. The summed E-state index contributed by atoms with van der Waals surface area (Å²) in [5.74, 6) is 2.53. The van der Waals surface area contributed by atoms with E-state index in [1.165, 1.54) is 12.8 Å². The van der Waals surface area contributed by atoms with Gasteiger partial charge in [0.15, 0.2) is 0 Å². The van der Waals surface area contributed by atoms with Gasteiger partial charge in [-0.05, 0) is 43.4 Å². The van der Waals surface area contributed by atoms with E-state index in [9.17, 15) is 0 Å². The molecule has 6 atom stereocenters. The number of alkyl halides is 4. The van der Waals surface area contributed by atoms with Gasteiger partial charge in [-0.2, -0.15) is 0 Å². The minimum atomic E-state index is -0.707. The Hall–Kier alpha value is 1.12. The van der Waals surface area contributed by atoms with Crippen LogP contribution in [-0.2, 0) is 4.74 Å². The molecule has 3 saturated carbocycles. The number of ether oxygens (including phenoxy) is 1. The van der Waals surface area contributed by atoms with Crippen LogP contribution in [0.4, 0.5) is 0 Å². The number of hydrogen-bond acceptors (Lipinski definition) is 1. The van der Waals surface area contributed by atoms with E-state index in [2.05, 4.69) is 41.5 Å². The minimum absolute atomic E-state index is 0.0304. The highest BCUT2D eigenvalue weighted by Gasteiger charge is 2.75. The molecule has 0 aliphatic heterocycles. The average Bonchev–Trinajstić information content (AvgIpc) is 3.14. The molecule has 1 nitrogen and oxygen atoms in total. The molecule has 0 spiro atoms. The van der Waals surface area contributed by atoms with Crippen LogP contribution in [0.1, 0.15) is 73.6 Å². The van der Waals surface area contributed by atoms with Crippen molar-refractivity contribution in [1.82, 2.24) is 0 Å². The zero-order valence-electron chi connectivity index (χ0n) is 17.6. The Morgan fingerprint density at radius 3 is 2.07 bits per heavy atom. The van der Waals surface area contributed by atoms with E-state index in [1.54, 1.807) is 0 Å². The van der Waals surface area contributed by atoms with Gasteiger partial charge in [-0.3, -0.25) is 0 Å². The van der Waals surface area contributed by atoms with Gasteiger partial charge in [0, 0.05) is 22.7 Å². The summed E-state index contributed by atoms with van der Waals surface area (Å²) in [6.45, 7) is 14.1. The third kappa shape index (κ3) is 3.80. The number of hydrogen-bond donors (Lipinski definition) is 0. The van der Waals surface area contributed by atoms with Crippen molar-refractivity contribution in [2.24, 2.45) is 40.4 Å². The van der Waals surface area contributed by atoms with Gasteiger partial charge in [-0.25, -0.2) is 0 Å². The molecule has 0 aromatic rings. The molecule has 0 radical (unpaired) electrons. The van der Waals surface area contributed by atoms with Gasteiger partial charge in [0.05, 0.1) is 12.7 Å². The first kappa shape index (κ1) is 22.8. The summed E-state index contributed by atoms with van der Waals surface area (Å²) in [7, 11) is 0. The second kappa shape index (κ2) is 7.37. The lowest BCUT2D eigenvalue weighted by atomic mass is 9.75. The third-order valence-electron chi connectivity index (χ3n) is 8.36. The van der Waals surface area contributed by atoms with Gasteiger partial charge >= 0.3 is 0 Å². The second-order valence-corrected chi connectivity index (χ2v) is 13.5. The van der Waals surface area contributed by atoms with Gasteiger partial charge in [0.25, 0.3) is 0 Å². The lowest BCUT2D eigenvalue weighted by molar-refractivity contribution is -0.0454. The molecule has 3 rings (SSSR count). The van der Waals surface area contributed by atoms with Crippen LogP contribution < -0.4 is 0 Å². The molecule has 3 aliphatic rings. The third-order valence-corrected chi connectivity index (χ3v) is 11.3. The van der Waals surface area contributed by atoms with Crippen molar-refractivity contribution in [3.63, 3.8) is 0 Å². The van der Waals surface area contributed by atoms with Gasteiger partial charge < -0.3 is 4.74 Å². The van der Waals surface area contributed by atoms with Crippen molar-refractivity contribution in [2.45, 2.75) is 88.4 Å².